The van der Waals surface area contributed by atoms with Crippen LogP contribution in [0.4, 0.5) is 4.39 Å². The minimum Gasteiger partial charge on any atom is -0.245 e. The lowest BCUT2D eigenvalue weighted by Crippen LogP contribution is -1.96. The summed E-state index contributed by atoms with van der Waals surface area (Å²) in [5, 5.41) is 4.22. The number of nitrogens with zero attached hydrogens (tertiary/aromatic N) is 4. The number of hydrogen-bond donors (Lipinski definition) is 0. The molecular formula is C13H9FN4. The zero-order valence-electron chi connectivity index (χ0n) is 9.36. The Morgan fingerprint density at radius 3 is 2.56 bits per heavy atom. The molecule has 0 spiro atoms. The summed E-state index contributed by atoms with van der Waals surface area (Å²) in [6.45, 7) is 0. The van der Waals surface area contributed by atoms with Crippen LogP contribution in [0.5, 0.6) is 0 Å². The van der Waals surface area contributed by atoms with E-state index in [0.29, 0.717) is 5.82 Å². The highest BCUT2D eigenvalue weighted by Crippen LogP contribution is 2.19. The van der Waals surface area contributed by atoms with Crippen molar-refractivity contribution in [1.82, 2.24) is 19.7 Å². The number of benzene rings is 1. The summed E-state index contributed by atoms with van der Waals surface area (Å²) in [6.07, 6.45) is 6.68. The minimum absolute atomic E-state index is 0.248. The van der Waals surface area contributed by atoms with E-state index in [1.54, 1.807) is 35.3 Å². The standard InChI is InChI=1S/C13H9FN4/c14-12-3-1-10(2-4-12)11-7-17-18(8-11)13-5-6-15-9-16-13/h1-9H. The number of hydrogen-bond acceptors (Lipinski definition) is 3. The van der Waals surface area contributed by atoms with Gasteiger partial charge in [-0.3, -0.25) is 0 Å². The first-order valence-electron chi connectivity index (χ1n) is 5.40. The summed E-state index contributed by atoms with van der Waals surface area (Å²) in [6, 6.07) is 8.06. The zero-order chi connectivity index (χ0) is 12.4. The normalized spacial score (nSPS) is 10.5. The van der Waals surface area contributed by atoms with Crippen molar-refractivity contribution in [2.75, 3.05) is 0 Å². The molecule has 0 amide bonds. The Morgan fingerprint density at radius 2 is 1.83 bits per heavy atom. The Labute approximate surface area is 103 Å². The molecule has 0 aliphatic rings. The monoisotopic (exact) mass is 240 g/mol. The average molecular weight is 240 g/mol. The molecule has 0 radical (unpaired) electrons. The lowest BCUT2D eigenvalue weighted by molar-refractivity contribution is 0.628. The van der Waals surface area contributed by atoms with Crippen LogP contribution in [0.15, 0.2) is 55.2 Å². The number of aromatic nitrogens is 4. The molecule has 0 aliphatic carbocycles. The van der Waals surface area contributed by atoms with E-state index in [-0.39, 0.29) is 5.82 Å². The third-order valence-electron chi connectivity index (χ3n) is 2.56. The van der Waals surface area contributed by atoms with Gasteiger partial charge >= 0.3 is 0 Å². The molecule has 2 heterocycles. The van der Waals surface area contributed by atoms with Crippen LogP contribution in [-0.4, -0.2) is 19.7 Å². The van der Waals surface area contributed by atoms with Gasteiger partial charge < -0.3 is 0 Å². The Hall–Kier alpha value is -2.56. The summed E-state index contributed by atoms with van der Waals surface area (Å²) in [7, 11) is 0. The van der Waals surface area contributed by atoms with Crippen LogP contribution in [-0.2, 0) is 0 Å². The van der Waals surface area contributed by atoms with Gasteiger partial charge in [-0.1, -0.05) is 12.1 Å². The molecule has 2 aromatic heterocycles. The Kier molecular flexibility index (Phi) is 2.57. The fourth-order valence-corrected chi connectivity index (χ4v) is 1.66. The van der Waals surface area contributed by atoms with Crippen LogP contribution in [0, 0.1) is 5.82 Å². The molecule has 18 heavy (non-hydrogen) atoms. The number of halogens is 1. The van der Waals surface area contributed by atoms with Crippen molar-refractivity contribution < 1.29 is 4.39 Å². The highest BCUT2D eigenvalue weighted by molar-refractivity contribution is 5.61. The Bertz CT molecular complexity index is 646. The smallest absolute Gasteiger partial charge is 0.156 e. The van der Waals surface area contributed by atoms with Gasteiger partial charge in [0.15, 0.2) is 5.82 Å². The molecule has 0 fully saturated rings. The topological polar surface area (TPSA) is 43.6 Å². The van der Waals surface area contributed by atoms with Crippen molar-refractivity contribution in [2.45, 2.75) is 0 Å². The van der Waals surface area contributed by atoms with E-state index < -0.39 is 0 Å². The second kappa shape index (κ2) is 4.37. The Morgan fingerprint density at radius 1 is 1.00 bits per heavy atom. The summed E-state index contributed by atoms with van der Waals surface area (Å²) in [4.78, 5) is 7.95. The van der Waals surface area contributed by atoms with E-state index >= 15 is 0 Å². The second-order valence-electron chi connectivity index (χ2n) is 3.75. The molecule has 1 aromatic carbocycles. The lowest BCUT2D eigenvalue weighted by Gasteiger charge is -1.98. The van der Waals surface area contributed by atoms with Gasteiger partial charge in [-0.25, -0.2) is 19.0 Å². The first kappa shape index (κ1) is 10.6. The van der Waals surface area contributed by atoms with Gasteiger partial charge in [0.2, 0.25) is 0 Å². The molecule has 0 bridgehead atoms. The first-order valence-corrected chi connectivity index (χ1v) is 5.40. The molecule has 0 N–H and O–H groups in total. The fourth-order valence-electron chi connectivity index (χ4n) is 1.66. The van der Waals surface area contributed by atoms with Crippen molar-refractivity contribution in [3.8, 4) is 16.9 Å². The molecule has 5 heteroatoms. The van der Waals surface area contributed by atoms with E-state index in [9.17, 15) is 4.39 Å². The van der Waals surface area contributed by atoms with Gasteiger partial charge in [0.05, 0.1) is 6.20 Å². The predicted octanol–water partition coefficient (Wildman–Crippen LogP) is 2.47. The summed E-state index contributed by atoms with van der Waals surface area (Å²) >= 11 is 0. The molecule has 0 atom stereocenters. The largest absolute Gasteiger partial charge is 0.245 e. The summed E-state index contributed by atoms with van der Waals surface area (Å²) in [5.41, 5.74) is 1.82. The predicted molar refractivity (Wildman–Crippen MR) is 64.5 cm³/mol. The Balaban J connectivity index is 1.97. The average Bonchev–Trinajstić information content (AvgIpc) is 2.90. The molecular weight excluding hydrogens is 231 g/mol. The highest BCUT2D eigenvalue weighted by atomic mass is 19.1. The maximum atomic E-state index is 12.8. The molecule has 88 valence electrons. The molecule has 3 aromatic rings. The van der Waals surface area contributed by atoms with Crippen LogP contribution < -0.4 is 0 Å². The molecule has 0 aliphatic heterocycles. The van der Waals surface area contributed by atoms with Crippen LogP contribution >= 0.6 is 0 Å². The van der Waals surface area contributed by atoms with E-state index in [1.165, 1.54) is 18.5 Å². The van der Waals surface area contributed by atoms with Gasteiger partial charge in [0.25, 0.3) is 0 Å². The van der Waals surface area contributed by atoms with Gasteiger partial charge in [0.1, 0.15) is 12.1 Å². The van der Waals surface area contributed by atoms with Gasteiger partial charge in [-0.05, 0) is 17.7 Å². The molecule has 0 unspecified atom stereocenters. The fraction of sp³-hybridized carbons (Fsp3) is 0. The van der Waals surface area contributed by atoms with Crippen molar-refractivity contribution in [3.63, 3.8) is 0 Å². The van der Waals surface area contributed by atoms with Gasteiger partial charge in [-0.2, -0.15) is 5.10 Å². The molecule has 0 saturated heterocycles. The van der Waals surface area contributed by atoms with Crippen LogP contribution in [0.3, 0.4) is 0 Å². The van der Waals surface area contributed by atoms with Crippen molar-refractivity contribution in [3.05, 3.63) is 61.1 Å². The number of rotatable bonds is 2. The maximum absolute atomic E-state index is 12.8. The highest BCUT2D eigenvalue weighted by Gasteiger charge is 2.04. The van der Waals surface area contributed by atoms with E-state index in [1.807, 2.05) is 6.20 Å². The molecule has 0 saturated carbocycles. The van der Waals surface area contributed by atoms with E-state index in [2.05, 4.69) is 15.1 Å². The lowest BCUT2D eigenvalue weighted by atomic mass is 10.1. The molecule has 3 rings (SSSR count). The van der Waals surface area contributed by atoms with Crippen LogP contribution in [0.1, 0.15) is 0 Å². The van der Waals surface area contributed by atoms with Crippen molar-refractivity contribution in [2.24, 2.45) is 0 Å². The third kappa shape index (κ3) is 1.98. The SMILES string of the molecule is Fc1ccc(-c2cnn(-c3ccncn3)c2)cc1. The van der Waals surface area contributed by atoms with Gasteiger partial charge in [-0.15, -0.1) is 0 Å². The summed E-state index contributed by atoms with van der Waals surface area (Å²) < 4.78 is 14.5. The zero-order valence-corrected chi connectivity index (χ0v) is 9.36. The first-order chi connectivity index (χ1) is 8.83. The van der Waals surface area contributed by atoms with Crippen molar-refractivity contribution >= 4 is 0 Å². The van der Waals surface area contributed by atoms with E-state index in [0.717, 1.165) is 11.1 Å². The third-order valence-corrected chi connectivity index (χ3v) is 2.56. The summed E-state index contributed by atoms with van der Waals surface area (Å²) in [5.74, 6) is 0.445. The van der Waals surface area contributed by atoms with Crippen LogP contribution in [0.25, 0.3) is 16.9 Å². The minimum atomic E-state index is -0.248. The van der Waals surface area contributed by atoms with Crippen LogP contribution in [0.2, 0.25) is 0 Å². The van der Waals surface area contributed by atoms with E-state index in [4.69, 9.17) is 0 Å². The van der Waals surface area contributed by atoms with Gasteiger partial charge in [0, 0.05) is 24.0 Å². The second-order valence-corrected chi connectivity index (χ2v) is 3.75. The quantitative estimate of drug-likeness (QED) is 0.691. The molecule has 4 nitrogen and oxygen atoms in total. The van der Waals surface area contributed by atoms with Crippen molar-refractivity contribution in [1.29, 1.82) is 0 Å². The maximum Gasteiger partial charge on any atom is 0.156 e.